The standard InChI is InChI=1S/C30H29F2N5O4/c1-17(2)13-39-24-5-4-18(8-19(24)11-33)21-12-35-28-26(21)25(6-7-34-28)41-27-22(31)9-20(10-23(27)32)37-29-36-14-30(3,15-38)16-40-29/h4-10,12,17,38H,13-16H2,1-3H3,(H,34,35)(H,36,37). The Morgan fingerprint density at radius 2 is 1.98 bits per heavy atom. The van der Waals surface area contributed by atoms with Gasteiger partial charge in [0.15, 0.2) is 17.4 Å². The number of pyridine rings is 1. The Hall–Kier alpha value is -4.69. The van der Waals surface area contributed by atoms with Crippen LogP contribution in [0.4, 0.5) is 14.5 Å². The summed E-state index contributed by atoms with van der Waals surface area (Å²) in [5.74, 6) is -1.53. The van der Waals surface area contributed by atoms with Gasteiger partial charge in [0, 0.05) is 41.2 Å². The van der Waals surface area contributed by atoms with Crippen molar-refractivity contribution < 1.29 is 28.1 Å². The molecule has 5 rings (SSSR count). The normalized spacial score (nSPS) is 16.7. The number of aromatic amines is 1. The molecule has 0 aliphatic carbocycles. The molecule has 1 atom stereocenters. The third kappa shape index (κ3) is 5.93. The highest BCUT2D eigenvalue weighted by Crippen LogP contribution is 2.39. The Kier molecular flexibility index (Phi) is 7.77. The van der Waals surface area contributed by atoms with Gasteiger partial charge in [-0.3, -0.25) is 0 Å². The molecule has 0 amide bonds. The minimum atomic E-state index is -0.940. The SMILES string of the molecule is CC(C)COc1ccc(-c2c[nH]c3nccc(Oc4c(F)cc(NC5=NCC(C)(CO)CO5)cc4F)c23)cc1C#N. The Morgan fingerprint density at radius 1 is 1.20 bits per heavy atom. The van der Waals surface area contributed by atoms with Crippen LogP contribution in [0.3, 0.4) is 0 Å². The van der Waals surface area contributed by atoms with Crippen LogP contribution >= 0.6 is 0 Å². The third-order valence-corrected chi connectivity index (χ3v) is 6.52. The summed E-state index contributed by atoms with van der Waals surface area (Å²) >= 11 is 0. The molecule has 0 saturated heterocycles. The number of aliphatic hydroxyl groups excluding tert-OH is 1. The van der Waals surface area contributed by atoms with E-state index in [0.29, 0.717) is 52.5 Å². The van der Waals surface area contributed by atoms with E-state index < -0.39 is 22.8 Å². The van der Waals surface area contributed by atoms with E-state index in [9.17, 15) is 10.4 Å². The van der Waals surface area contributed by atoms with Crippen LogP contribution in [0.2, 0.25) is 0 Å². The van der Waals surface area contributed by atoms with Crippen molar-refractivity contribution in [1.82, 2.24) is 9.97 Å². The largest absolute Gasteiger partial charge is 0.492 e. The van der Waals surface area contributed by atoms with Crippen molar-refractivity contribution in [2.45, 2.75) is 20.8 Å². The van der Waals surface area contributed by atoms with E-state index in [1.54, 1.807) is 24.4 Å². The fourth-order valence-corrected chi connectivity index (χ4v) is 4.24. The molecule has 2 aromatic heterocycles. The first-order chi connectivity index (χ1) is 19.7. The minimum absolute atomic E-state index is 0.0877. The summed E-state index contributed by atoms with van der Waals surface area (Å²) in [6, 6.07) is 11.2. The minimum Gasteiger partial charge on any atom is -0.492 e. The zero-order valence-corrected chi connectivity index (χ0v) is 22.8. The number of aliphatic imine (C=N–C) groups is 1. The molecule has 0 spiro atoms. The number of ether oxygens (including phenoxy) is 3. The van der Waals surface area contributed by atoms with Gasteiger partial charge >= 0.3 is 0 Å². The van der Waals surface area contributed by atoms with Crippen LogP contribution in [-0.2, 0) is 4.74 Å². The van der Waals surface area contributed by atoms with Crippen molar-refractivity contribution in [3.63, 3.8) is 0 Å². The van der Waals surface area contributed by atoms with Gasteiger partial charge in [-0.2, -0.15) is 5.26 Å². The van der Waals surface area contributed by atoms with Crippen molar-refractivity contribution in [2.75, 3.05) is 31.7 Å². The summed E-state index contributed by atoms with van der Waals surface area (Å²) < 4.78 is 47.4. The van der Waals surface area contributed by atoms with E-state index in [1.165, 1.54) is 12.3 Å². The molecule has 2 aromatic carbocycles. The Balaban J connectivity index is 1.43. The van der Waals surface area contributed by atoms with E-state index >= 15 is 8.78 Å². The highest BCUT2D eigenvalue weighted by molar-refractivity contribution is 5.98. The molecule has 212 valence electrons. The summed E-state index contributed by atoms with van der Waals surface area (Å²) in [5, 5.41) is 22.4. The van der Waals surface area contributed by atoms with Crippen LogP contribution in [0.5, 0.6) is 17.2 Å². The number of halogens is 2. The summed E-state index contributed by atoms with van der Waals surface area (Å²) in [4.78, 5) is 11.6. The molecule has 4 aromatic rings. The Labute approximate surface area is 235 Å². The number of anilines is 1. The first kappa shape index (κ1) is 27.9. The molecule has 1 aliphatic rings. The maximum absolute atomic E-state index is 15.2. The Morgan fingerprint density at radius 3 is 2.63 bits per heavy atom. The lowest BCUT2D eigenvalue weighted by Gasteiger charge is -2.30. The van der Waals surface area contributed by atoms with Crippen LogP contribution < -0.4 is 14.8 Å². The number of aliphatic hydroxyl groups is 1. The number of nitrogens with zero attached hydrogens (tertiary/aromatic N) is 3. The van der Waals surface area contributed by atoms with E-state index in [0.717, 1.165) is 12.1 Å². The van der Waals surface area contributed by atoms with Crippen molar-refractivity contribution in [2.24, 2.45) is 16.3 Å². The van der Waals surface area contributed by atoms with Crippen LogP contribution in [0, 0.1) is 34.3 Å². The molecule has 3 N–H and O–H groups in total. The number of H-pyrrole nitrogens is 1. The molecule has 11 heteroatoms. The molecule has 0 bridgehead atoms. The highest BCUT2D eigenvalue weighted by atomic mass is 19.1. The molecule has 3 heterocycles. The monoisotopic (exact) mass is 561 g/mol. The molecule has 0 saturated carbocycles. The lowest BCUT2D eigenvalue weighted by molar-refractivity contribution is 0.0706. The van der Waals surface area contributed by atoms with Crippen LogP contribution in [-0.4, -0.2) is 47.5 Å². The number of fused-ring (bicyclic) bond motifs is 1. The van der Waals surface area contributed by atoms with Gasteiger partial charge in [0.1, 0.15) is 29.8 Å². The number of nitrogens with one attached hydrogen (secondary N) is 2. The summed E-state index contributed by atoms with van der Waals surface area (Å²) in [7, 11) is 0. The van der Waals surface area contributed by atoms with E-state index in [2.05, 4.69) is 26.3 Å². The quantitative estimate of drug-likeness (QED) is 0.241. The second kappa shape index (κ2) is 11.4. The average Bonchev–Trinajstić information content (AvgIpc) is 3.40. The maximum Gasteiger partial charge on any atom is 0.289 e. The summed E-state index contributed by atoms with van der Waals surface area (Å²) in [5.41, 5.74) is 1.69. The topological polar surface area (TPSA) is 125 Å². The maximum atomic E-state index is 15.2. The predicted molar refractivity (Wildman–Crippen MR) is 150 cm³/mol. The number of hydrogen-bond donors (Lipinski definition) is 3. The zero-order valence-electron chi connectivity index (χ0n) is 22.8. The second-order valence-electron chi connectivity index (χ2n) is 10.6. The lowest BCUT2D eigenvalue weighted by atomic mass is 9.93. The van der Waals surface area contributed by atoms with Gasteiger partial charge < -0.3 is 29.6 Å². The average molecular weight is 562 g/mol. The first-order valence-electron chi connectivity index (χ1n) is 13.0. The smallest absolute Gasteiger partial charge is 0.289 e. The number of amidine groups is 1. The summed E-state index contributed by atoms with van der Waals surface area (Å²) in [6.07, 6.45) is 3.16. The zero-order chi connectivity index (χ0) is 29.1. The van der Waals surface area contributed by atoms with Crippen LogP contribution in [0.15, 0.2) is 53.8 Å². The third-order valence-electron chi connectivity index (χ3n) is 6.52. The molecule has 41 heavy (non-hydrogen) atoms. The molecule has 0 fully saturated rings. The molecule has 9 nitrogen and oxygen atoms in total. The molecular formula is C30H29F2N5O4. The van der Waals surface area contributed by atoms with Crippen LogP contribution in [0.1, 0.15) is 26.3 Å². The molecule has 1 unspecified atom stereocenters. The van der Waals surface area contributed by atoms with Crippen molar-refractivity contribution in [3.05, 3.63) is 66.0 Å². The number of benzene rings is 2. The first-order valence-corrected chi connectivity index (χ1v) is 13.0. The Bertz CT molecular complexity index is 1640. The van der Waals surface area contributed by atoms with Gasteiger partial charge in [0.25, 0.3) is 6.02 Å². The summed E-state index contributed by atoms with van der Waals surface area (Å²) in [6.45, 7) is 6.75. The molecular weight excluding hydrogens is 532 g/mol. The number of nitriles is 1. The van der Waals surface area contributed by atoms with E-state index in [-0.39, 0.29) is 30.7 Å². The predicted octanol–water partition coefficient (Wildman–Crippen LogP) is 6.00. The fraction of sp³-hybridized carbons (Fsp3) is 0.300. The van der Waals surface area contributed by atoms with Gasteiger partial charge in [-0.1, -0.05) is 26.8 Å². The van der Waals surface area contributed by atoms with Gasteiger partial charge in [-0.05, 0) is 29.7 Å². The van der Waals surface area contributed by atoms with Gasteiger partial charge in [0.2, 0.25) is 0 Å². The number of hydrogen-bond acceptors (Lipinski definition) is 8. The lowest BCUT2D eigenvalue weighted by Crippen LogP contribution is -2.38. The van der Waals surface area contributed by atoms with E-state index in [4.69, 9.17) is 14.2 Å². The fourth-order valence-electron chi connectivity index (χ4n) is 4.24. The van der Waals surface area contributed by atoms with Gasteiger partial charge in [0.05, 0.1) is 30.7 Å². The number of aromatic nitrogens is 2. The van der Waals surface area contributed by atoms with Crippen molar-refractivity contribution >= 4 is 22.7 Å². The highest BCUT2D eigenvalue weighted by Gasteiger charge is 2.29. The second-order valence-corrected chi connectivity index (χ2v) is 10.6. The number of rotatable bonds is 8. The van der Waals surface area contributed by atoms with Crippen molar-refractivity contribution in [3.8, 4) is 34.4 Å². The molecule has 1 aliphatic heterocycles. The van der Waals surface area contributed by atoms with Gasteiger partial charge in [-0.25, -0.2) is 18.8 Å². The van der Waals surface area contributed by atoms with Gasteiger partial charge in [-0.15, -0.1) is 0 Å². The van der Waals surface area contributed by atoms with Crippen LogP contribution in [0.25, 0.3) is 22.2 Å². The molecule has 0 radical (unpaired) electrons. The van der Waals surface area contributed by atoms with E-state index in [1.807, 2.05) is 20.8 Å². The van der Waals surface area contributed by atoms with Crippen molar-refractivity contribution in [1.29, 1.82) is 5.26 Å².